The summed E-state index contributed by atoms with van der Waals surface area (Å²) >= 11 is 0. The molecule has 0 heterocycles. The highest BCUT2D eigenvalue weighted by Gasteiger charge is 2.25. The van der Waals surface area contributed by atoms with Gasteiger partial charge in [-0.3, -0.25) is 0 Å². The van der Waals surface area contributed by atoms with Gasteiger partial charge in [-0.2, -0.15) is 0 Å². The van der Waals surface area contributed by atoms with E-state index >= 15 is 0 Å². The van der Waals surface area contributed by atoms with Crippen molar-refractivity contribution in [2.24, 2.45) is 0 Å². The molecule has 5 heteroatoms. The van der Waals surface area contributed by atoms with E-state index in [1.807, 2.05) is 12.1 Å². The first-order chi connectivity index (χ1) is 10.9. The lowest BCUT2D eigenvalue weighted by molar-refractivity contribution is 0.460. The van der Waals surface area contributed by atoms with Crippen LogP contribution in [0.2, 0.25) is 0 Å². The molecular weight excluding hydrogens is 303 g/mol. The Labute approximate surface area is 133 Å². The van der Waals surface area contributed by atoms with Gasteiger partial charge in [-0.15, -0.1) is 0 Å². The van der Waals surface area contributed by atoms with Crippen LogP contribution >= 0.6 is 0 Å². The molecule has 2 aromatic carbocycles. The molecule has 0 spiro atoms. The number of halogens is 4. The molecule has 0 N–H and O–H groups in total. The molecule has 0 aliphatic carbocycles. The summed E-state index contributed by atoms with van der Waals surface area (Å²) in [6.07, 6.45) is 2.44. The first kappa shape index (κ1) is 17.1. The molecule has 2 aromatic rings. The van der Waals surface area contributed by atoms with Crippen LogP contribution in [-0.4, -0.2) is 7.28 Å². The molecule has 118 valence electrons. The number of hydrogen-bond acceptors (Lipinski definition) is 0. The number of rotatable bonds is 5. The first-order valence-corrected chi connectivity index (χ1v) is 7.10. The van der Waals surface area contributed by atoms with Gasteiger partial charge >= 0.3 is 0 Å². The van der Waals surface area contributed by atoms with E-state index in [4.69, 9.17) is 0 Å². The van der Waals surface area contributed by atoms with Crippen LogP contribution in [0, 0.1) is 23.3 Å². The van der Waals surface area contributed by atoms with Crippen molar-refractivity contribution in [3.63, 3.8) is 0 Å². The van der Waals surface area contributed by atoms with Gasteiger partial charge in [0.25, 0.3) is 0 Å². The molecule has 0 bridgehead atoms. The zero-order valence-corrected chi connectivity index (χ0v) is 12.7. The molecule has 0 aliphatic heterocycles. The summed E-state index contributed by atoms with van der Waals surface area (Å²) in [6.45, 7) is 8.54. The predicted molar refractivity (Wildman–Crippen MR) is 88.1 cm³/mol. The van der Waals surface area contributed by atoms with Gasteiger partial charge in [0.1, 0.15) is 0 Å². The molecule has 0 amide bonds. The number of benzene rings is 2. The van der Waals surface area contributed by atoms with Crippen LogP contribution in [0.25, 0.3) is 12.2 Å². The Bertz CT molecular complexity index is 722. The first-order valence-electron chi connectivity index (χ1n) is 7.10. The second kappa shape index (κ2) is 6.86. The van der Waals surface area contributed by atoms with Gasteiger partial charge in [0.05, 0.1) is 5.56 Å². The molecule has 0 aromatic heterocycles. The maximum absolute atomic E-state index is 14.0. The van der Waals surface area contributed by atoms with E-state index in [0.29, 0.717) is 0 Å². The van der Waals surface area contributed by atoms with E-state index in [-0.39, 0.29) is 13.1 Å². The summed E-state index contributed by atoms with van der Waals surface area (Å²) < 4.78 is 55.7. The van der Waals surface area contributed by atoms with Crippen LogP contribution < -0.4 is 5.46 Å². The average Bonchev–Trinajstić information content (AvgIpc) is 2.57. The monoisotopic (exact) mass is 318 g/mol. The van der Waals surface area contributed by atoms with E-state index in [1.165, 1.54) is 0 Å². The summed E-state index contributed by atoms with van der Waals surface area (Å²) in [7, 11) is -0.156. The fourth-order valence-corrected chi connectivity index (χ4v) is 2.44. The second-order valence-corrected chi connectivity index (χ2v) is 5.33. The van der Waals surface area contributed by atoms with Crippen LogP contribution in [0.1, 0.15) is 29.4 Å². The topological polar surface area (TPSA) is 0 Å². The van der Waals surface area contributed by atoms with E-state index in [0.717, 1.165) is 17.2 Å². The minimum Gasteiger partial charge on any atom is -0.204 e. The normalized spacial score (nSPS) is 11.9. The largest absolute Gasteiger partial charge is 0.204 e. The lowest BCUT2D eigenvalue weighted by Crippen LogP contribution is -2.30. The van der Waals surface area contributed by atoms with Crippen molar-refractivity contribution in [2.75, 3.05) is 0 Å². The lowest BCUT2D eigenvalue weighted by Gasteiger charge is -2.14. The zero-order chi connectivity index (χ0) is 17.1. The van der Waals surface area contributed by atoms with Gasteiger partial charge in [0.15, 0.2) is 30.5 Å². The van der Waals surface area contributed by atoms with Gasteiger partial charge in [0.2, 0.25) is 0 Å². The molecule has 0 radical (unpaired) electrons. The molecule has 0 saturated carbocycles. The third-order valence-corrected chi connectivity index (χ3v) is 3.84. The second-order valence-electron chi connectivity index (χ2n) is 5.33. The minimum absolute atomic E-state index is 0.156. The quantitative estimate of drug-likeness (QED) is 0.437. The molecule has 0 fully saturated rings. The van der Waals surface area contributed by atoms with Crippen molar-refractivity contribution in [1.29, 1.82) is 0 Å². The van der Waals surface area contributed by atoms with Crippen LogP contribution in [0.5, 0.6) is 0 Å². The highest BCUT2D eigenvalue weighted by Crippen LogP contribution is 2.21. The Balaban J connectivity index is 2.39. The molecule has 1 unspecified atom stereocenters. The molecule has 2 rings (SSSR count). The smallest absolute Gasteiger partial charge is 0.173 e. The van der Waals surface area contributed by atoms with Crippen molar-refractivity contribution in [3.05, 3.63) is 77.4 Å². The fourth-order valence-electron chi connectivity index (χ4n) is 2.44. The Kier molecular flexibility index (Phi) is 5.09. The van der Waals surface area contributed by atoms with E-state index < -0.39 is 34.3 Å². The van der Waals surface area contributed by atoms with Gasteiger partial charge in [0, 0.05) is 0 Å². The summed E-state index contributed by atoms with van der Waals surface area (Å²) in [5, 5.41) is 0. The molecule has 1 atom stereocenters. The predicted octanol–water partition coefficient (Wildman–Crippen LogP) is 4.35. The Morgan fingerprint density at radius 1 is 0.870 bits per heavy atom. The zero-order valence-electron chi connectivity index (χ0n) is 12.7. The van der Waals surface area contributed by atoms with Gasteiger partial charge in [-0.05, 0) is 16.8 Å². The van der Waals surface area contributed by atoms with Crippen molar-refractivity contribution in [1.82, 2.24) is 0 Å². The number of hydrogen-bond donors (Lipinski definition) is 0. The lowest BCUT2D eigenvalue weighted by atomic mass is 9.57. The van der Waals surface area contributed by atoms with Crippen molar-refractivity contribution >= 4 is 24.9 Å². The summed E-state index contributed by atoms with van der Waals surface area (Å²) in [5.41, 5.74) is 0.339. The maximum Gasteiger partial charge on any atom is 0.173 e. The summed E-state index contributed by atoms with van der Waals surface area (Å²) in [4.78, 5) is 0. The summed E-state index contributed by atoms with van der Waals surface area (Å²) in [6, 6.07) is 7.21. The Morgan fingerprint density at radius 2 is 1.39 bits per heavy atom. The standard InChI is InChI=1S/C18H15BF4/c1-4-11-6-8-12(9-7-11)10(3)19-14-17(22)15(20)13(5-2)16(21)18(14)23/h4-10,19H,1-2H2,3H3. The van der Waals surface area contributed by atoms with E-state index in [9.17, 15) is 17.6 Å². The van der Waals surface area contributed by atoms with Crippen molar-refractivity contribution in [3.8, 4) is 0 Å². The average molecular weight is 318 g/mol. The highest BCUT2D eigenvalue weighted by molar-refractivity contribution is 6.55. The Hall–Kier alpha value is -2.30. The van der Waals surface area contributed by atoms with Crippen molar-refractivity contribution < 1.29 is 17.6 Å². The summed E-state index contributed by atoms with van der Waals surface area (Å²) in [5.74, 6) is -5.88. The fraction of sp³-hybridized carbons (Fsp3) is 0.111. The van der Waals surface area contributed by atoms with Crippen LogP contribution in [0.15, 0.2) is 37.4 Å². The molecule has 23 heavy (non-hydrogen) atoms. The van der Waals surface area contributed by atoms with Gasteiger partial charge in [-0.25, -0.2) is 17.6 Å². The maximum atomic E-state index is 14.0. The molecule has 0 aliphatic rings. The third-order valence-electron chi connectivity index (χ3n) is 3.84. The third kappa shape index (κ3) is 3.23. The van der Waals surface area contributed by atoms with Crippen LogP contribution in [-0.2, 0) is 0 Å². The minimum atomic E-state index is -1.41. The van der Waals surface area contributed by atoms with Gasteiger partial charge in [-0.1, -0.05) is 62.1 Å². The van der Waals surface area contributed by atoms with Crippen LogP contribution in [0.3, 0.4) is 0 Å². The van der Waals surface area contributed by atoms with E-state index in [1.54, 1.807) is 25.1 Å². The SMILES string of the molecule is C=Cc1ccc(C(C)Bc2c(F)c(F)c(C=C)c(F)c2F)cc1. The molecule has 0 saturated heterocycles. The highest BCUT2D eigenvalue weighted by atomic mass is 19.2. The van der Waals surface area contributed by atoms with Gasteiger partial charge < -0.3 is 0 Å². The molecule has 0 nitrogen and oxygen atoms in total. The van der Waals surface area contributed by atoms with Crippen molar-refractivity contribution in [2.45, 2.75) is 12.7 Å². The van der Waals surface area contributed by atoms with E-state index in [2.05, 4.69) is 13.2 Å². The van der Waals surface area contributed by atoms with Crippen LogP contribution in [0.4, 0.5) is 17.6 Å². The Morgan fingerprint density at radius 3 is 1.83 bits per heavy atom. The molecular formula is C18H15BF4.